The van der Waals surface area contributed by atoms with E-state index in [2.05, 4.69) is 15.0 Å². The number of ether oxygens (including phenoxy) is 2. The zero-order valence-corrected chi connectivity index (χ0v) is 27.0. The summed E-state index contributed by atoms with van der Waals surface area (Å²) in [7, 11) is -4.17. The van der Waals surface area contributed by atoms with Gasteiger partial charge in [0.05, 0.1) is 31.0 Å². The third kappa shape index (κ3) is 6.84. The van der Waals surface area contributed by atoms with Gasteiger partial charge in [-0.3, -0.25) is 8.75 Å². The van der Waals surface area contributed by atoms with Crippen molar-refractivity contribution in [1.82, 2.24) is 19.5 Å². The zero-order chi connectivity index (χ0) is 33.6. The summed E-state index contributed by atoms with van der Waals surface area (Å²) in [6.07, 6.45) is 0.647. The predicted octanol–water partition coefficient (Wildman–Crippen LogP) is 5.01. The van der Waals surface area contributed by atoms with Crippen LogP contribution in [0.25, 0.3) is 11.2 Å². The molecule has 3 N–H and O–H groups in total. The summed E-state index contributed by atoms with van der Waals surface area (Å²) in [6.45, 7) is 0.787. The monoisotopic (exact) mass is 665 g/mol. The van der Waals surface area contributed by atoms with Crippen molar-refractivity contribution in [2.75, 3.05) is 25.6 Å². The number of imidazole rings is 1. The van der Waals surface area contributed by atoms with E-state index in [0.29, 0.717) is 11.2 Å². The van der Waals surface area contributed by atoms with Crippen LogP contribution in [-0.4, -0.2) is 59.0 Å². The van der Waals surface area contributed by atoms with Crippen LogP contribution in [0.3, 0.4) is 0 Å². The minimum Gasteiger partial charge on any atom is -0.392 e. The third-order valence-electron chi connectivity index (χ3n) is 7.95. The van der Waals surface area contributed by atoms with E-state index in [0.717, 1.165) is 22.3 Å². The van der Waals surface area contributed by atoms with Crippen LogP contribution in [0.1, 0.15) is 28.5 Å². The average Bonchev–Trinajstić information content (AvgIpc) is 3.56. The first-order chi connectivity index (χ1) is 23.3. The fourth-order valence-corrected chi connectivity index (χ4v) is 6.49. The average molecular weight is 666 g/mol. The van der Waals surface area contributed by atoms with Crippen LogP contribution in [0, 0.1) is 6.92 Å². The van der Waals surface area contributed by atoms with Crippen molar-refractivity contribution in [3.8, 4) is 0 Å². The van der Waals surface area contributed by atoms with Crippen molar-refractivity contribution < 1.29 is 27.2 Å². The lowest BCUT2D eigenvalue weighted by Gasteiger charge is -2.37. The summed E-state index contributed by atoms with van der Waals surface area (Å²) in [5, 5.41) is 10.5. The normalized spacial score (nSPS) is 13.4. The number of hydrogen-bond donors (Lipinski definition) is 2. The van der Waals surface area contributed by atoms with Crippen molar-refractivity contribution >= 4 is 27.1 Å². The highest BCUT2D eigenvalue weighted by Gasteiger charge is 2.39. The number of aryl methyl sites for hydroxylation is 1. The van der Waals surface area contributed by atoms with E-state index >= 15 is 0 Å². The molecule has 0 saturated heterocycles. The molecule has 0 amide bonds. The molecule has 12 heteroatoms. The molecule has 0 bridgehead atoms. The van der Waals surface area contributed by atoms with Crippen LogP contribution >= 0.6 is 0 Å². The second-order valence-corrected chi connectivity index (χ2v) is 12.7. The molecule has 2 aromatic heterocycles. The summed E-state index contributed by atoms with van der Waals surface area (Å²) >= 11 is 0. The molecular formula is C36H35N5O6S. The number of hydrogen-bond acceptors (Lipinski definition) is 10. The van der Waals surface area contributed by atoms with Gasteiger partial charge in [-0.15, -0.1) is 0 Å². The smallest absolute Gasteiger partial charge is 0.297 e. The van der Waals surface area contributed by atoms with Crippen molar-refractivity contribution in [3.05, 3.63) is 150 Å². The number of nitrogen functional groups attached to an aromatic ring is 1. The molecule has 2 atom stereocenters. The second kappa shape index (κ2) is 14.4. The minimum absolute atomic E-state index is 0.00598. The molecule has 6 aromatic rings. The van der Waals surface area contributed by atoms with Crippen LogP contribution < -0.4 is 5.73 Å². The van der Waals surface area contributed by atoms with Crippen molar-refractivity contribution in [3.63, 3.8) is 0 Å². The summed E-state index contributed by atoms with van der Waals surface area (Å²) in [6, 6.07) is 35.6. The van der Waals surface area contributed by atoms with Gasteiger partial charge in [0.2, 0.25) is 0 Å². The summed E-state index contributed by atoms with van der Waals surface area (Å²) < 4.78 is 47.0. The van der Waals surface area contributed by atoms with Gasteiger partial charge in [0.25, 0.3) is 10.1 Å². The number of rotatable bonds is 14. The Bertz CT molecular complexity index is 1950. The Balaban J connectivity index is 1.39. The van der Waals surface area contributed by atoms with Crippen molar-refractivity contribution in [2.45, 2.75) is 29.8 Å². The number of benzene rings is 4. The van der Waals surface area contributed by atoms with Gasteiger partial charge < -0.3 is 20.3 Å². The molecule has 4 aromatic carbocycles. The van der Waals surface area contributed by atoms with E-state index < -0.39 is 41.3 Å². The molecule has 0 saturated carbocycles. The molecule has 2 heterocycles. The first-order valence-electron chi connectivity index (χ1n) is 15.3. The third-order valence-corrected chi connectivity index (χ3v) is 9.24. The first-order valence-corrected chi connectivity index (χ1v) is 16.7. The highest BCUT2D eigenvalue weighted by atomic mass is 32.2. The molecule has 0 aliphatic rings. The van der Waals surface area contributed by atoms with Crippen LogP contribution in [0.15, 0.2) is 133 Å². The number of aliphatic hydroxyl groups excluding tert-OH is 1. The Morgan fingerprint density at radius 3 is 1.90 bits per heavy atom. The molecule has 0 radical (unpaired) electrons. The molecule has 6 rings (SSSR count). The number of fused-ring (bicyclic) bond motifs is 1. The Morgan fingerprint density at radius 1 is 0.792 bits per heavy atom. The van der Waals surface area contributed by atoms with E-state index in [1.807, 2.05) is 97.9 Å². The molecule has 0 aliphatic heterocycles. The van der Waals surface area contributed by atoms with Gasteiger partial charge in [0.1, 0.15) is 23.5 Å². The largest absolute Gasteiger partial charge is 0.392 e. The maximum atomic E-state index is 13.3. The van der Waals surface area contributed by atoms with Gasteiger partial charge in [0, 0.05) is 0 Å². The second-order valence-electron chi connectivity index (χ2n) is 11.1. The highest BCUT2D eigenvalue weighted by Crippen LogP contribution is 2.40. The molecule has 0 aliphatic carbocycles. The number of aliphatic hydroxyl groups is 1. The summed E-state index contributed by atoms with van der Waals surface area (Å²) in [4.78, 5) is 12.6. The van der Waals surface area contributed by atoms with Crippen LogP contribution in [-0.2, 0) is 29.4 Å². The summed E-state index contributed by atoms with van der Waals surface area (Å²) in [5.74, 6) is 0.168. The standard InChI is InChI=1S/C36H35N5O6S/c1-26-17-19-31(20-18-26)48(43,44)46-23-30(47-32(21-42)41-25-40-33-34(37)38-24-39-35(33)41)22-45-36(27-11-5-2-6-12-27,28-13-7-3-8-14-28)29-15-9-4-10-16-29/h2-20,24-25,30,32,42H,21-23H2,1H3,(H2,37,38,39). The quantitative estimate of drug-likeness (QED) is 0.120. The first kappa shape index (κ1) is 32.9. The Labute approximate surface area is 278 Å². The van der Waals surface area contributed by atoms with E-state index in [9.17, 15) is 13.5 Å². The lowest BCUT2D eigenvalue weighted by molar-refractivity contribution is -0.133. The van der Waals surface area contributed by atoms with Crippen LogP contribution in [0.2, 0.25) is 0 Å². The lowest BCUT2D eigenvalue weighted by atomic mass is 9.80. The Morgan fingerprint density at radius 2 is 1.35 bits per heavy atom. The number of aromatic nitrogens is 4. The van der Waals surface area contributed by atoms with Gasteiger partial charge in [-0.05, 0) is 35.7 Å². The van der Waals surface area contributed by atoms with Crippen molar-refractivity contribution in [1.29, 1.82) is 0 Å². The van der Waals surface area contributed by atoms with Gasteiger partial charge in [-0.25, -0.2) is 15.0 Å². The molecule has 11 nitrogen and oxygen atoms in total. The summed E-state index contributed by atoms with van der Waals surface area (Å²) in [5.41, 5.74) is 8.99. The topological polar surface area (TPSA) is 152 Å². The lowest BCUT2D eigenvalue weighted by Crippen LogP contribution is -2.39. The molecule has 0 spiro atoms. The molecule has 2 unspecified atom stereocenters. The van der Waals surface area contributed by atoms with Crippen molar-refractivity contribution in [2.24, 2.45) is 0 Å². The van der Waals surface area contributed by atoms with E-state index in [1.54, 1.807) is 12.1 Å². The number of nitrogens with zero attached hydrogens (tertiary/aromatic N) is 4. The fraction of sp³-hybridized carbons (Fsp3) is 0.194. The van der Waals surface area contributed by atoms with Crippen LogP contribution in [0.4, 0.5) is 5.82 Å². The van der Waals surface area contributed by atoms with E-state index in [-0.39, 0.29) is 17.3 Å². The van der Waals surface area contributed by atoms with E-state index in [4.69, 9.17) is 19.4 Å². The Kier molecular flexibility index (Phi) is 9.90. The molecule has 246 valence electrons. The number of anilines is 1. The molecular weight excluding hydrogens is 630 g/mol. The van der Waals surface area contributed by atoms with Crippen LogP contribution in [0.5, 0.6) is 0 Å². The maximum Gasteiger partial charge on any atom is 0.297 e. The number of nitrogens with two attached hydrogens (primary N) is 1. The van der Waals surface area contributed by atoms with E-state index in [1.165, 1.54) is 29.4 Å². The fourth-order valence-electron chi connectivity index (χ4n) is 5.55. The van der Waals surface area contributed by atoms with Gasteiger partial charge in [0.15, 0.2) is 17.7 Å². The molecule has 48 heavy (non-hydrogen) atoms. The predicted molar refractivity (Wildman–Crippen MR) is 180 cm³/mol. The SMILES string of the molecule is Cc1ccc(S(=O)(=O)OCC(COC(c2ccccc2)(c2ccccc2)c2ccccc2)OC(CO)n2cnc3c(N)ncnc32)cc1. The maximum absolute atomic E-state index is 13.3. The van der Waals surface area contributed by atoms with Gasteiger partial charge in [-0.2, -0.15) is 8.42 Å². The minimum atomic E-state index is -4.17. The highest BCUT2D eigenvalue weighted by molar-refractivity contribution is 7.86. The zero-order valence-electron chi connectivity index (χ0n) is 26.2. The molecule has 0 fully saturated rings. The Hall–Kier alpha value is -4.98. The van der Waals surface area contributed by atoms with Gasteiger partial charge >= 0.3 is 0 Å². The van der Waals surface area contributed by atoms with Gasteiger partial charge in [-0.1, -0.05) is 109 Å².